The second-order valence-corrected chi connectivity index (χ2v) is 4.09. The lowest BCUT2D eigenvalue weighted by Gasteiger charge is -2.19. The number of amides is 1. The van der Waals surface area contributed by atoms with E-state index in [0.717, 1.165) is 5.56 Å². The molecule has 2 atom stereocenters. The Morgan fingerprint density at radius 3 is 2.52 bits per heavy atom. The highest BCUT2D eigenvalue weighted by molar-refractivity contribution is 5.87. The zero-order chi connectivity index (χ0) is 15.7. The predicted molar refractivity (Wildman–Crippen MR) is 72.8 cm³/mol. The largest absolute Gasteiger partial charge is 0.464 e. The summed E-state index contributed by atoms with van der Waals surface area (Å²) in [7, 11) is 1.20. The van der Waals surface area contributed by atoms with Gasteiger partial charge >= 0.3 is 5.97 Å². The van der Waals surface area contributed by atoms with Crippen molar-refractivity contribution in [3.8, 4) is 0 Å². The standard InChI is InChI=1S/C14H19NO6/c1-3-20-14(18)12(19-2)11(16)13(17)15-21-9-10-7-5-4-6-8-10/h4-8,11-12,16H,3,9H2,1-2H3,(H,15,17)/t11-,12-/m1/s1. The summed E-state index contributed by atoms with van der Waals surface area (Å²) in [5.41, 5.74) is 2.91. The van der Waals surface area contributed by atoms with Crippen LogP contribution in [-0.4, -0.2) is 42.9 Å². The van der Waals surface area contributed by atoms with E-state index in [9.17, 15) is 14.7 Å². The van der Waals surface area contributed by atoms with Crippen LogP contribution >= 0.6 is 0 Å². The minimum atomic E-state index is -1.72. The summed E-state index contributed by atoms with van der Waals surface area (Å²) in [6.45, 7) is 1.87. The lowest BCUT2D eigenvalue weighted by molar-refractivity contribution is -0.170. The highest BCUT2D eigenvalue weighted by atomic mass is 16.7. The lowest BCUT2D eigenvalue weighted by atomic mass is 10.2. The van der Waals surface area contributed by atoms with Crippen molar-refractivity contribution in [2.75, 3.05) is 13.7 Å². The van der Waals surface area contributed by atoms with E-state index in [1.807, 2.05) is 30.3 Å². The molecule has 0 fully saturated rings. The van der Waals surface area contributed by atoms with Crippen molar-refractivity contribution in [2.24, 2.45) is 0 Å². The van der Waals surface area contributed by atoms with E-state index in [2.05, 4.69) is 5.48 Å². The van der Waals surface area contributed by atoms with Crippen LogP contribution in [-0.2, 0) is 30.5 Å². The molecule has 7 heteroatoms. The summed E-state index contributed by atoms with van der Waals surface area (Å²) in [5.74, 6) is -1.70. The van der Waals surface area contributed by atoms with Gasteiger partial charge in [-0.1, -0.05) is 30.3 Å². The molecule has 0 heterocycles. The molecule has 0 saturated heterocycles. The Morgan fingerprint density at radius 2 is 1.95 bits per heavy atom. The van der Waals surface area contributed by atoms with Crippen LogP contribution in [0, 0.1) is 0 Å². The Kier molecular flexibility index (Phi) is 7.38. The Bertz CT molecular complexity index is 450. The van der Waals surface area contributed by atoms with Gasteiger partial charge in [0.25, 0.3) is 5.91 Å². The molecule has 1 rings (SSSR count). The quantitative estimate of drug-likeness (QED) is 0.525. The molecule has 0 aliphatic rings. The van der Waals surface area contributed by atoms with Gasteiger partial charge in [0.05, 0.1) is 13.2 Å². The third-order valence-electron chi connectivity index (χ3n) is 2.58. The summed E-state index contributed by atoms with van der Waals surface area (Å²) < 4.78 is 9.47. The fourth-order valence-corrected chi connectivity index (χ4v) is 1.54. The second-order valence-electron chi connectivity index (χ2n) is 4.09. The molecule has 0 spiro atoms. The lowest BCUT2D eigenvalue weighted by Crippen LogP contribution is -2.47. The average Bonchev–Trinajstić information content (AvgIpc) is 2.49. The smallest absolute Gasteiger partial charge is 0.338 e. The molecule has 0 aliphatic heterocycles. The molecule has 21 heavy (non-hydrogen) atoms. The summed E-state index contributed by atoms with van der Waals surface area (Å²) >= 11 is 0. The number of aliphatic hydroxyl groups is 1. The molecule has 1 aromatic rings. The van der Waals surface area contributed by atoms with E-state index in [1.54, 1.807) is 6.92 Å². The van der Waals surface area contributed by atoms with Crippen molar-refractivity contribution >= 4 is 11.9 Å². The van der Waals surface area contributed by atoms with Crippen molar-refractivity contribution in [2.45, 2.75) is 25.7 Å². The number of rotatable bonds is 8. The van der Waals surface area contributed by atoms with Crippen LogP contribution in [0.4, 0.5) is 0 Å². The number of hydrogen-bond donors (Lipinski definition) is 2. The number of nitrogens with one attached hydrogen (secondary N) is 1. The minimum absolute atomic E-state index is 0.123. The van der Waals surface area contributed by atoms with Gasteiger partial charge in [-0.2, -0.15) is 0 Å². The van der Waals surface area contributed by atoms with Gasteiger partial charge in [-0.05, 0) is 12.5 Å². The molecule has 116 valence electrons. The monoisotopic (exact) mass is 297 g/mol. The van der Waals surface area contributed by atoms with E-state index >= 15 is 0 Å². The Hall–Kier alpha value is -1.96. The molecule has 2 N–H and O–H groups in total. The molecule has 0 aliphatic carbocycles. The minimum Gasteiger partial charge on any atom is -0.464 e. The van der Waals surface area contributed by atoms with Crippen LogP contribution in [0.25, 0.3) is 0 Å². The molecule has 0 aromatic heterocycles. The molecular weight excluding hydrogens is 278 g/mol. The van der Waals surface area contributed by atoms with E-state index in [0.29, 0.717) is 0 Å². The Balaban J connectivity index is 2.44. The number of carbonyl (C=O) groups excluding carboxylic acids is 2. The predicted octanol–water partition coefficient (Wildman–Crippen LogP) is 0.173. The maximum Gasteiger partial charge on any atom is 0.338 e. The summed E-state index contributed by atoms with van der Waals surface area (Å²) in [6, 6.07) is 9.15. The number of esters is 1. The van der Waals surface area contributed by atoms with Gasteiger partial charge in [0.2, 0.25) is 0 Å². The van der Waals surface area contributed by atoms with Crippen LogP contribution in [0.2, 0.25) is 0 Å². The van der Waals surface area contributed by atoms with Crippen LogP contribution in [0.3, 0.4) is 0 Å². The first-order valence-corrected chi connectivity index (χ1v) is 6.43. The number of carbonyl (C=O) groups is 2. The van der Waals surface area contributed by atoms with E-state index in [1.165, 1.54) is 7.11 Å². The number of benzene rings is 1. The van der Waals surface area contributed by atoms with Gasteiger partial charge in [0, 0.05) is 7.11 Å². The molecule has 0 radical (unpaired) electrons. The van der Waals surface area contributed by atoms with Crippen LogP contribution in [0.1, 0.15) is 12.5 Å². The van der Waals surface area contributed by atoms with Gasteiger partial charge < -0.3 is 14.6 Å². The van der Waals surface area contributed by atoms with Gasteiger partial charge in [0.15, 0.2) is 12.2 Å². The van der Waals surface area contributed by atoms with Crippen LogP contribution < -0.4 is 5.48 Å². The van der Waals surface area contributed by atoms with Crippen molar-refractivity contribution in [1.29, 1.82) is 0 Å². The second kappa shape index (κ2) is 9.06. The molecule has 0 bridgehead atoms. The zero-order valence-electron chi connectivity index (χ0n) is 11.9. The van der Waals surface area contributed by atoms with Crippen molar-refractivity contribution in [3.63, 3.8) is 0 Å². The van der Waals surface area contributed by atoms with Crippen molar-refractivity contribution < 1.29 is 29.0 Å². The average molecular weight is 297 g/mol. The van der Waals surface area contributed by atoms with Crippen LogP contribution in [0.15, 0.2) is 30.3 Å². The molecule has 7 nitrogen and oxygen atoms in total. The van der Waals surface area contributed by atoms with Gasteiger partial charge in [0.1, 0.15) is 0 Å². The third kappa shape index (κ3) is 5.50. The SMILES string of the molecule is CCOC(=O)[C@H](OC)[C@@H](O)C(=O)NOCc1ccccc1. The first-order chi connectivity index (χ1) is 10.1. The zero-order valence-corrected chi connectivity index (χ0v) is 11.9. The van der Waals surface area contributed by atoms with Gasteiger partial charge in [-0.15, -0.1) is 0 Å². The highest BCUT2D eigenvalue weighted by Crippen LogP contribution is 2.03. The third-order valence-corrected chi connectivity index (χ3v) is 2.58. The van der Waals surface area contributed by atoms with Crippen molar-refractivity contribution in [1.82, 2.24) is 5.48 Å². The van der Waals surface area contributed by atoms with Crippen LogP contribution in [0.5, 0.6) is 0 Å². The fourth-order valence-electron chi connectivity index (χ4n) is 1.54. The van der Waals surface area contributed by atoms with E-state index < -0.39 is 24.1 Å². The summed E-state index contributed by atoms with van der Waals surface area (Å²) in [5, 5.41) is 9.75. The highest BCUT2D eigenvalue weighted by Gasteiger charge is 2.33. The molecular formula is C14H19NO6. The number of aliphatic hydroxyl groups excluding tert-OH is 1. The molecule has 1 amide bonds. The topological polar surface area (TPSA) is 94.1 Å². The summed E-state index contributed by atoms with van der Waals surface area (Å²) in [6.07, 6.45) is -3.12. The van der Waals surface area contributed by atoms with Gasteiger partial charge in [-0.3, -0.25) is 9.63 Å². The fraction of sp³-hybridized carbons (Fsp3) is 0.429. The number of hydrogen-bond acceptors (Lipinski definition) is 6. The number of ether oxygens (including phenoxy) is 2. The maximum absolute atomic E-state index is 11.7. The summed E-state index contributed by atoms with van der Waals surface area (Å²) in [4.78, 5) is 28.1. The molecule has 1 aromatic carbocycles. The van der Waals surface area contributed by atoms with Crippen molar-refractivity contribution in [3.05, 3.63) is 35.9 Å². The Morgan fingerprint density at radius 1 is 1.29 bits per heavy atom. The Labute approximate surface area is 122 Å². The molecule has 0 unspecified atom stereocenters. The normalized spacial score (nSPS) is 13.3. The van der Waals surface area contributed by atoms with E-state index in [-0.39, 0.29) is 13.2 Å². The maximum atomic E-state index is 11.7. The first kappa shape index (κ1) is 17.1. The first-order valence-electron chi connectivity index (χ1n) is 6.43. The number of hydroxylamine groups is 1. The van der Waals surface area contributed by atoms with E-state index in [4.69, 9.17) is 14.3 Å². The molecule has 0 saturated carbocycles. The van der Waals surface area contributed by atoms with Gasteiger partial charge in [-0.25, -0.2) is 10.3 Å². The number of methoxy groups -OCH3 is 1.